The van der Waals surface area contributed by atoms with E-state index in [4.69, 9.17) is 13.3 Å². The maximum absolute atomic E-state index is 6.46. The number of hydrogen-bond acceptors (Lipinski definition) is 4. The maximum atomic E-state index is 6.46. The molecule has 0 aliphatic heterocycles. The van der Waals surface area contributed by atoms with Crippen LogP contribution in [0.1, 0.15) is 62.3 Å². The van der Waals surface area contributed by atoms with Gasteiger partial charge in [-0.3, -0.25) is 4.90 Å². The first kappa shape index (κ1) is 31.5. The highest BCUT2D eigenvalue weighted by molar-refractivity contribution is 6.74. The van der Waals surface area contributed by atoms with E-state index in [1.807, 2.05) is 0 Å². The largest absolute Gasteiger partial charge is 0.416 e. The summed E-state index contributed by atoms with van der Waals surface area (Å²) >= 11 is 0. The van der Waals surface area contributed by atoms with Crippen molar-refractivity contribution in [3.05, 3.63) is 0 Å². The molecular weight excluding hydrogens is 440 g/mol. The number of rotatable bonds is 12. The smallest absolute Gasteiger partial charge is 0.192 e. The zero-order valence-electron chi connectivity index (χ0n) is 23.9. The van der Waals surface area contributed by atoms with E-state index >= 15 is 0 Å². The molecule has 0 bridgehead atoms. The van der Waals surface area contributed by atoms with Crippen LogP contribution >= 0.6 is 0 Å². The van der Waals surface area contributed by atoms with E-state index in [2.05, 4.69) is 106 Å². The van der Waals surface area contributed by atoms with Crippen LogP contribution in [-0.4, -0.2) is 69.3 Å². The Kier molecular flexibility index (Phi) is 11.5. The second kappa shape index (κ2) is 11.3. The van der Waals surface area contributed by atoms with Crippen molar-refractivity contribution in [2.45, 2.75) is 117 Å². The van der Waals surface area contributed by atoms with Gasteiger partial charge < -0.3 is 13.3 Å². The van der Waals surface area contributed by atoms with Crippen molar-refractivity contribution >= 4 is 25.0 Å². The molecule has 0 rings (SSSR count). The van der Waals surface area contributed by atoms with Crippen LogP contribution in [0.2, 0.25) is 54.4 Å². The lowest BCUT2D eigenvalue weighted by molar-refractivity contribution is 0.141. The van der Waals surface area contributed by atoms with Gasteiger partial charge >= 0.3 is 0 Å². The Morgan fingerprint density at radius 2 is 0.645 bits per heavy atom. The van der Waals surface area contributed by atoms with E-state index in [-0.39, 0.29) is 15.1 Å². The summed E-state index contributed by atoms with van der Waals surface area (Å²) in [5.41, 5.74) is 0. The van der Waals surface area contributed by atoms with Gasteiger partial charge in [-0.05, 0) is 54.4 Å². The van der Waals surface area contributed by atoms with E-state index in [9.17, 15) is 0 Å². The Morgan fingerprint density at radius 3 is 0.806 bits per heavy atom. The van der Waals surface area contributed by atoms with Crippen molar-refractivity contribution in [1.29, 1.82) is 0 Å². The van der Waals surface area contributed by atoms with Gasteiger partial charge in [0, 0.05) is 39.5 Å². The average molecular weight is 498 g/mol. The minimum absolute atomic E-state index is 0.245. The number of nitrogens with zero attached hydrogens (tertiary/aromatic N) is 1. The molecule has 0 spiro atoms. The van der Waals surface area contributed by atoms with Crippen LogP contribution in [0, 0.1) is 0 Å². The van der Waals surface area contributed by atoms with Crippen molar-refractivity contribution in [3.8, 4) is 0 Å². The van der Waals surface area contributed by atoms with Gasteiger partial charge in [0.05, 0.1) is 0 Å². The van der Waals surface area contributed by atoms with Gasteiger partial charge in [-0.2, -0.15) is 0 Å². The highest BCUT2D eigenvalue weighted by atomic mass is 28.4. The van der Waals surface area contributed by atoms with Crippen LogP contribution in [-0.2, 0) is 13.3 Å². The minimum Gasteiger partial charge on any atom is -0.416 e. The molecule has 0 radical (unpaired) electrons. The van der Waals surface area contributed by atoms with E-state index in [1.165, 1.54) is 0 Å². The Morgan fingerprint density at radius 1 is 0.452 bits per heavy atom. The lowest BCUT2D eigenvalue weighted by Crippen LogP contribution is -2.46. The Hall–Kier alpha value is 0.491. The molecular formula is C24H57NO3Si3. The first-order valence-corrected chi connectivity index (χ1v) is 20.9. The van der Waals surface area contributed by atoms with Gasteiger partial charge in [0.15, 0.2) is 25.0 Å². The SMILES string of the molecule is CC(C)(C)[Si](C)(C)O[13CH2][13CH2]N([13CH2][13CH2]O[Si](C)(C)C(C)(C)C)[13CH2][13CH2]O[Si](C)(C)C(C)(C)C. The summed E-state index contributed by atoms with van der Waals surface area (Å²) in [7, 11) is -5.16. The average Bonchev–Trinajstić information content (AvgIpc) is 2.50. The zero-order chi connectivity index (χ0) is 24.9. The van der Waals surface area contributed by atoms with Crippen molar-refractivity contribution in [2.24, 2.45) is 0 Å². The summed E-state index contributed by atoms with van der Waals surface area (Å²) in [4.78, 5) is 2.48. The van der Waals surface area contributed by atoms with Gasteiger partial charge in [0.1, 0.15) is 0 Å². The van der Waals surface area contributed by atoms with Crippen LogP contribution in [0.5, 0.6) is 0 Å². The summed E-state index contributed by atoms with van der Waals surface area (Å²) in [6.07, 6.45) is 0. The third kappa shape index (κ3) is 10.5. The molecule has 0 aliphatic carbocycles. The fourth-order valence-corrected chi connectivity index (χ4v) is 5.38. The lowest BCUT2D eigenvalue weighted by atomic mass is 10.2. The summed E-state index contributed by atoms with van der Waals surface area (Å²) < 4.78 is 19.4. The van der Waals surface area contributed by atoms with Crippen LogP contribution < -0.4 is 0 Å². The highest BCUT2D eigenvalue weighted by Gasteiger charge is 2.39. The van der Waals surface area contributed by atoms with Gasteiger partial charge in [-0.25, -0.2) is 0 Å². The summed E-state index contributed by atoms with van der Waals surface area (Å²) in [5.74, 6) is 0. The molecule has 31 heavy (non-hydrogen) atoms. The topological polar surface area (TPSA) is 30.9 Å². The van der Waals surface area contributed by atoms with E-state index in [0.29, 0.717) is 0 Å². The molecule has 0 saturated carbocycles. The van der Waals surface area contributed by atoms with Crippen molar-refractivity contribution < 1.29 is 13.3 Å². The van der Waals surface area contributed by atoms with Crippen LogP contribution in [0.15, 0.2) is 0 Å². The molecule has 0 N–H and O–H groups in total. The van der Waals surface area contributed by atoms with Crippen LogP contribution in [0.3, 0.4) is 0 Å². The molecule has 188 valence electrons. The van der Waals surface area contributed by atoms with E-state index in [1.54, 1.807) is 0 Å². The molecule has 0 heterocycles. The molecule has 0 fully saturated rings. The van der Waals surface area contributed by atoms with Crippen molar-refractivity contribution in [3.63, 3.8) is 0 Å². The second-order valence-corrected chi connectivity index (χ2v) is 28.1. The normalized spacial score (nSPS) is 15.1. The molecule has 0 amide bonds. The van der Waals surface area contributed by atoms with Crippen LogP contribution in [0.4, 0.5) is 0 Å². The summed E-state index contributed by atoms with van der Waals surface area (Å²) in [6.45, 7) is 39.9. The Balaban J connectivity index is 4.94. The van der Waals surface area contributed by atoms with Gasteiger partial charge in [0.25, 0.3) is 0 Å². The Bertz CT molecular complexity index is 454. The van der Waals surface area contributed by atoms with Gasteiger partial charge in [-0.15, -0.1) is 0 Å². The predicted octanol–water partition coefficient (Wildman–Crippen LogP) is 7.35. The zero-order valence-corrected chi connectivity index (χ0v) is 26.9. The first-order valence-electron chi connectivity index (χ1n) is 12.2. The minimum atomic E-state index is -1.72. The fourth-order valence-electron chi connectivity index (χ4n) is 2.27. The number of hydrogen-bond donors (Lipinski definition) is 0. The molecule has 0 unspecified atom stereocenters. The van der Waals surface area contributed by atoms with Gasteiger partial charge in [-0.1, -0.05) is 62.3 Å². The lowest BCUT2D eigenvalue weighted by Gasteiger charge is -2.38. The second-order valence-electron chi connectivity index (χ2n) is 13.7. The molecule has 0 aliphatic rings. The third-order valence-electron chi connectivity index (χ3n) is 8.03. The molecule has 0 aromatic heterocycles. The molecule has 4 nitrogen and oxygen atoms in total. The van der Waals surface area contributed by atoms with Crippen LogP contribution in [0.25, 0.3) is 0 Å². The third-order valence-corrected chi connectivity index (χ3v) is 21.6. The maximum Gasteiger partial charge on any atom is 0.192 e. The first-order chi connectivity index (χ1) is 13.5. The summed E-state index contributed by atoms with van der Waals surface area (Å²) in [6, 6.07) is 0. The predicted molar refractivity (Wildman–Crippen MR) is 146 cm³/mol. The molecule has 0 aromatic rings. The Labute approximate surface area is 199 Å². The molecule has 0 aromatic carbocycles. The quantitative estimate of drug-likeness (QED) is 0.208. The summed E-state index contributed by atoms with van der Waals surface area (Å²) in [5, 5.41) is 0.734. The standard InChI is InChI=1S/C24H57NO3Si3/c1-22(2,3)29(10,11)26-19-16-25(17-20-27-30(12,13)23(4,5)6)18-21-28-31(14,15)24(7,8)9/h16-21H2,1-15H3/i16+1,17+1,18+1,19+1,20+1,21+1. The fraction of sp³-hybridized carbons (Fsp3) is 1.00. The monoisotopic (exact) mass is 497 g/mol. The molecule has 0 saturated heterocycles. The molecule has 0 atom stereocenters. The van der Waals surface area contributed by atoms with E-state index < -0.39 is 25.0 Å². The van der Waals surface area contributed by atoms with E-state index in [0.717, 1.165) is 39.5 Å². The molecule has 7 heteroatoms. The van der Waals surface area contributed by atoms with Gasteiger partial charge in [0.2, 0.25) is 0 Å². The van der Waals surface area contributed by atoms with Crippen molar-refractivity contribution in [1.82, 2.24) is 4.90 Å². The highest BCUT2D eigenvalue weighted by Crippen LogP contribution is 2.38. The van der Waals surface area contributed by atoms with Crippen molar-refractivity contribution in [2.75, 3.05) is 39.5 Å².